The largest absolute Gasteiger partial charge is 0.339 e. The fourth-order valence-electron chi connectivity index (χ4n) is 2.54. The molecule has 1 saturated carbocycles. The maximum atomic E-state index is 11.7. The number of rotatable bonds is 4. The van der Waals surface area contributed by atoms with Crippen LogP contribution in [0, 0.1) is 5.92 Å². The van der Waals surface area contributed by atoms with Crippen LogP contribution in [0.3, 0.4) is 0 Å². The number of carbonyl (C=O) groups excluding carboxylic acids is 1. The van der Waals surface area contributed by atoms with Crippen LogP contribution in [0.25, 0.3) is 0 Å². The van der Waals surface area contributed by atoms with Gasteiger partial charge in [0.05, 0.1) is 0 Å². The quantitative estimate of drug-likeness (QED) is 0.727. The van der Waals surface area contributed by atoms with Crippen LogP contribution >= 0.6 is 0 Å². The van der Waals surface area contributed by atoms with Gasteiger partial charge in [-0.25, -0.2) is 0 Å². The van der Waals surface area contributed by atoms with Crippen molar-refractivity contribution >= 4 is 5.91 Å². The van der Waals surface area contributed by atoms with Crippen LogP contribution in [0.2, 0.25) is 0 Å². The predicted molar refractivity (Wildman–Crippen MR) is 56.0 cm³/mol. The van der Waals surface area contributed by atoms with Gasteiger partial charge in [0.15, 0.2) is 0 Å². The molecule has 0 aromatic heterocycles. The number of nitrogens with zero attached hydrogens (tertiary/aromatic N) is 1. The van der Waals surface area contributed by atoms with Crippen LogP contribution in [0.15, 0.2) is 0 Å². The molecule has 1 aliphatic carbocycles. The Balaban J connectivity index is 1.93. The first-order valence-electron chi connectivity index (χ1n) is 5.73. The van der Waals surface area contributed by atoms with Gasteiger partial charge in [-0.2, -0.15) is 0 Å². The summed E-state index contributed by atoms with van der Waals surface area (Å²) in [5.74, 6) is 0.921. The van der Waals surface area contributed by atoms with Crippen molar-refractivity contribution in [2.75, 3.05) is 13.6 Å². The molecule has 1 N–H and O–H groups in total. The number of carbonyl (C=O) groups is 1. The molecule has 1 amide bonds. The van der Waals surface area contributed by atoms with E-state index in [2.05, 4.69) is 17.1 Å². The molecule has 1 saturated heterocycles. The molecular weight excluding hydrogens is 176 g/mol. The molecule has 3 nitrogen and oxygen atoms in total. The Labute approximate surface area is 85.8 Å². The number of hydrogen-bond donors (Lipinski definition) is 1. The van der Waals surface area contributed by atoms with E-state index in [1.54, 1.807) is 0 Å². The summed E-state index contributed by atoms with van der Waals surface area (Å²) < 4.78 is 0. The molecule has 2 rings (SSSR count). The van der Waals surface area contributed by atoms with Crippen LogP contribution in [0.1, 0.15) is 32.6 Å². The molecule has 0 radical (unpaired) electrons. The van der Waals surface area contributed by atoms with E-state index in [-0.39, 0.29) is 0 Å². The Morgan fingerprint density at radius 1 is 1.57 bits per heavy atom. The van der Waals surface area contributed by atoms with Gasteiger partial charge in [-0.05, 0) is 26.3 Å². The lowest BCUT2D eigenvalue weighted by Crippen LogP contribution is -2.35. The van der Waals surface area contributed by atoms with Gasteiger partial charge in [0.2, 0.25) is 5.91 Å². The predicted octanol–water partition coefficient (Wildman–Crippen LogP) is 0.995. The summed E-state index contributed by atoms with van der Waals surface area (Å²) >= 11 is 0. The van der Waals surface area contributed by atoms with Crippen molar-refractivity contribution in [3.8, 4) is 0 Å². The fraction of sp³-hybridized carbons (Fsp3) is 0.909. The van der Waals surface area contributed by atoms with E-state index in [9.17, 15) is 4.79 Å². The van der Waals surface area contributed by atoms with Crippen LogP contribution < -0.4 is 5.32 Å². The molecule has 0 spiro atoms. The molecule has 0 bridgehead atoms. The molecule has 0 aromatic rings. The van der Waals surface area contributed by atoms with E-state index >= 15 is 0 Å². The van der Waals surface area contributed by atoms with E-state index in [0.29, 0.717) is 23.9 Å². The summed E-state index contributed by atoms with van der Waals surface area (Å²) in [7, 11) is 2.00. The maximum absolute atomic E-state index is 11.7. The van der Waals surface area contributed by atoms with Gasteiger partial charge >= 0.3 is 0 Å². The zero-order valence-corrected chi connectivity index (χ0v) is 9.12. The minimum absolute atomic E-state index is 0.381. The van der Waals surface area contributed by atoms with Crippen molar-refractivity contribution in [3.05, 3.63) is 0 Å². The highest BCUT2D eigenvalue weighted by Crippen LogP contribution is 2.33. The van der Waals surface area contributed by atoms with Crippen molar-refractivity contribution in [1.29, 1.82) is 0 Å². The van der Waals surface area contributed by atoms with Gasteiger partial charge in [0.25, 0.3) is 0 Å². The van der Waals surface area contributed by atoms with E-state index < -0.39 is 0 Å². The smallest absolute Gasteiger partial charge is 0.223 e. The van der Waals surface area contributed by atoms with Crippen molar-refractivity contribution < 1.29 is 4.79 Å². The van der Waals surface area contributed by atoms with Gasteiger partial charge in [-0.1, -0.05) is 6.92 Å². The molecule has 80 valence electrons. The van der Waals surface area contributed by atoms with Gasteiger partial charge in [-0.3, -0.25) is 4.79 Å². The Morgan fingerprint density at radius 3 is 2.79 bits per heavy atom. The van der Waals surface area contributed by atoms with Crippen LogP contribution in [-0.4, -0.2) is 36.5 Å². The minimum Gasteiger partial charge on any atom is -0.339 e. The number of hydrogen-bond acceptors (Lipinski definition) is 2. The normalized spacial score (nSPS) is 29.7. The molecule has 2 fully saturated rings. The highest BCUT2D eigenvalue weighted by molar-refractivity contribution is 5.79. The van der Waals surface area contributed by atoms with Gasteiger partial charge in [0, 0.05) is 31.0 Å². The lowest BCUT2D eigenvalue weighted by molar-refractivity contribution is -0.128. The monoisotopic (exact) mass is 196 g/mol. The Kier molecular flexibility index (Phi) is 2.77. The summed E-state index contributed by atoms with van der Waals surface area (Å²) in [6.07, 6.45) is 4.34. The van der Waals surface area contributed by atoms with Crippen molar-refractivity contribution in [2.24, 2.45) is 5.92 Å². The lowest BCUT2D eigenvalue weighted by atomic mass is 9.97. The molecule has 14 heavy (non-hydrogen) atoms. The third kappa shape index (κ3) is 1.78. The summed E-state index contributed by atoms with van der Waals surface area (Å²) in [4.78, 5) is 13.8. The number of likely N-dealkylation sites (tertiary alicyclic amines) is 1. The van der Waals surface area contributed by atoms with E-state index in [1.807, 2.05) is 7.05 Å². The molecule has 1 heterocycles. The average Bonchev–Trinajstić information content (AvgIpc) is 2.94. The third-order valence-electron chi connectivity index (χ3n) is 3.56. The van der Waals surface area contributed by atoms with Gasteiger partial charge in [0.1, 0.15) is 0 Å². The standard InChI is InChI=1S/C11H20N2O/c1-3-10(12-2)8-6-11(14)13(7-8)9-4-5-9/h8-10,12H,3-7H2,1-2H3. The average molecular weight is 196 g/mol. The molecule has 2 unspecified atom stereocenters. The summed E-state index contributed by atoms with van der Waals surface area (Å²) in [5.41, 5.74) is 0. The Hall–Kier alpha value is -0.570. The van der Waals surface area contributed by atoms with Gasteiger partial charge < -0.3 is 10.2 Å². The van der Waals surface area contributed by atoms with Crippen LogP contribution in [0.5, 0.6) is 0 Å². The fourth-order valence-corrected chi connectivity index (χ4v) is 2.54. The molecule has 0 aromatic carbocycles. The second kappa shape index (κ2) is 3.89. The summed E-state index contributed by atoms with van der Waals surface area (Å²) in [6.45, 7) is 3.17. The van der Waals surface area contributed by atoms with Gasteiger partial charge in [-0.15, -0.1) is 0 Å². The topological polar surface area (TPSA) is 32.3 Å². The maximum Gasteiger partial charge on any atom is 0.223 e. The van der Waals surface area contributed by atoms with E-state index in [4.69, 9.17) is 0 Å². The van der Waals surface area contributed by atoms with E-state index in [0.717, 1.165) is 19.4 Å². The number of nitrogens with one attached hydrogen (secondary N) is 1. The molecule has 1 aliphatic heterocycles. The zero-order chi connectivity index (χ0) is 10.1. The molecule has 2 aliphatic rings. The SMILES string of the molecule is CCC(NC)C1CC(=O)N(C2CC2)C1. The second-order valence-electron chi connectivity index (χ2n) is 4.54. The molecular formula is C11H20N2O. The van der Waals surface area contributed by atoms with Crippen molar-refractivity contribution in [1.82, 2.24) is 10.2 Å². The zero-order valence-electron chi connectivity index (χ0n) is 9.12. The second-order valence-corrected chi connectivity index (χ2v) is 4.54. The van der Waals surface area contributed by atoms with Crippen LogP contribution in [0.4, 0.5) is 0 Å². The van der Waals surface area contributed by atoms with E-state index in [1.165, 1.54) is 12.8 Å². The molecule has 3 heteroatoms. The lowest BCUT2D eigenvalue weighted by Gasteiger charge is -2.21. The highest BCUT2D eigenvalue weighted by atomic mass is 16.2. The summed E-state index contributed by atoms with van der Waals surface area (Å²) in [5, 5.41) is 3.32. The first kappa shape index (κ1) is 9.97. The summed E-state index contributed by atoms with van der Waals surface area (Å²) in [6, 6.07) is 1.12. The number of amides is 1. The first-order chi connectivity index (χ1) is 6.76. The van der Waals surface area contributed by atoms with Crippen molar-refractivity contribution in [3.63, 3.8) is 0 Å². The Bertz CT molecular complexity index is 221. The third-order valence-corrected chi connectivity index (χ3v) is 3.56. The minimum atomic E-state index is 0.381. The first-order valence-corrected chi connectivity index (χ1v) is 5.73. The molecule has 2 atom stereocenters. The Morgan fingerprint density at radius 2 is 2.29 bits per heavy atom. The highest BCUT2D eigenvalue weighted by Gasteiger charge is 2.40. The van der Waals surface area contributed by atoms with Crippen LogP contribution in [-0.2, 0) is 4.79 Å². The van der Waals surface area contributed by atoms with Crippen molar-refractivity contribution in [2.45, 2.75) is 44.7 Å².